The second-order valence-electron chi connectivity index (χ2n) is 8.64. The molecule has 0 saturated carbocycles. The number of carbonyl (C=O) groups is 1. The van der Waals surface area contributed by atoms with E-state index >= 15 is 0 Å². The number of nitrogens with zero attached hydrogens (tertiary/aromatic N) is 2. The van der Waals surface area contributed by atoms with Crippen molar-refractivity contribution < 1.29 is 4.79 Å². The summed E-state index contributed by atoms with van der Waals surface area (Å²) in [4.78, 5) is 18.6. The van der Waals surface area contributed by atoms with Crippen LogP contribution in [0, 0.1) is 0 Å². The first-order valence-electron chi connectivity index (χ1n) is 12.2. The van der Waals surface area contributed by atoms with Crippen molar-refractivity contribution in [3.63, 3.8) is 0 Å². The quantitative estimate of drug-likeness (QED) is 0.202. The Kier molecular flexibility index (Phi) is 7.74. The second-order valence-corrected chi connectivity index (χ2v) is 8.64. The normalized spacial score (nSPS) is 11.4. The van der Waals surface area contributed by atoms with Gasteiger partial charge in [0.2, 0.25) is 0 Å². The molecule has 0 spiro atoms. The molecule has 0 radical (unpaired) electrons. The first kappa shape index (κ1) is 23.0. The van der Waals surface area contributed by atoms with Crippen LogP contribution < -0.4 is 0 Å². The molecule has 0 aromatic heterocycles. The number of fused-ring (bicyclic) bond motifs is 2. The molecule has 33 heavy (non-hydrogen) atoms. The molecule has 4 rings (SSSR count). The average Bonchev–Trinajstić information content (AvgIpc) is 2.87. The molecule has 1 amide bonds. The second kappa shape index (κ2) is 11.1. The summed E-state index contributed by atoms with van der Waals surface area (Å²) in [7, 11) is 0. The van der Waals surface area contributed by atoms with E-state index in [-0.39, 0.29) is 5.91 Å². The van der Waals surface area contributed by atoms with Crippen LogP contribution >= 0.6 is 0 Å². The van der Waals surface area contributed by atoms with Crippen LogP contribution in [0.15, 0.2) is 84.9 Å². The Morgan fingerprint density at radius 3 is 1.85 bits per heavy atom. The van der Waals surface area contributed by atoms with Crippen molar-refractivity contribution >= 4 is 27.5 Å². The van der Waals surface area contributed by atoms with Crippen molar-refractivity contribution in [2.75, 3.05) is 26.2 Å². The number of rotatable bonds is 10. The first-order valence-corrected chi connectivity index (χ1v) is 12.2. The van der Waals surface area contributed by atoms with E-state index in [4.69, 9.17) is 0 Å². The van der Waals surface area contributed by atoms with Crippen LogP contribution in [0.3, 0.4) is 0 Å². The Morgan fingerprint density at radius 1 is 0.697 bits per heavy atom. The maximum atomic E-state index is 14.1. The molecule has 0 atom stereocenters. The number of amides is 1. The van der Waals surface area contributed by atoms with Gasteiger partial charge in [-0.25, -0.2) is 0 Å². The Labute approximate surface area is 197 Å². The molecule has 0 aliphatic carbocycles. The van der Waals surface area contributed by atoms with Crippen LogP contribution in [-0.2, 0) is 6.54 Å². The molecule has 0 heterocycles. The maximum absolute atomic E-state index is 14.1. The lowest BCUT2D eigenvalue weighted by Gasteiger charge is -2.25. The van der Waals surface area contributed by atoms with E-state index < -0.39 is 0 Å². The van der Waals surface area contributed by atoms with Crippen LogP contribution in [-0.4, -0.2) is 41.9 Å². The van der Waals surface area contributed by atoms with Crippen molar-refractivity contribution in [1.82, 2.24) is 9.80 Å². The Hall–Kier alpha value is -3.17. The van der Waals surface area contributed by atoms with Gasteiger partial charge < -0.3 is 9.80 Å². The van der Waals surface area contributed by atoms with Gasteiger partial charge in [-0.05, 0) is 65.7 Å². The van der Waals surface area contributed by atoms with Gasteiger partial charge in [0.15, 0.2) is 0 Å². The van der Waals surface area contributed by atoms with Gasteiger partial charge in [-0.3, -0.25) is 4.79 Å². The minimum absolute atomic E-state index is 0.120. The largest absolute Gasteiger partial charge is 0.334 e. The van der Waals surface area contributed by atoms with Crippen molar-refractivity contribution in [3.05, 3.63) is 96.1 Å². The molecule has 0 unspecified atom stereocenters. The lowest BCUT2D eigenvalue weighted by atomic mass is 9.95. The minimum atomic E-state index is 0.120. The van der Waals surface area contributed by atoms with E-state index in [0.717, 1.165) is 66.1 Å². The summed E-state index contributed by atoms with van der Waals surface area (Å²) in [6.07, 6.45) is 2.09. The van der Waals surface area contributed by atoms with Gasteiger partial charge in [-0.15, -0.1) is 0 Å². The fourth-order valence-corrected chi connectivity index (χ4v) is 4.64. The van der Waals surface area contributed by atoms with E-state index in [1.165, 1.54) is 5.56 Å². The number of unbranched alkanes of at least 4 members (excludes halogenated alkanes) is 1. The molecule has 4 aromatic carbocycles. The molecule has 0 bridgehead atoms. The predicted octanol–water partition coefficient (Wildman–Crippen LogP) is 6.76. The highest BCUT2D eigenvalue weighted by molar-refractivity contribution is 6.18. The first-order chi connectivity index (χ1) is 16.2. The van der Waals surface area contributed by atoms with Crippen molar-refractivity contribution in [2.45, 2.75) is 33.2 Å². The number of carbonyl (C=O) groups excluding carboxylic acids is 1. The van der Waals surface area contributed by atoms with Gasteiger partial charge in [-0.2, -0.15) is 0 Å². The van der Waals surface area contributed by atoms with Crippen LogP contribution in [0.4, 0.5) is 0 Å². The minimum Gasteiger partial charge on any atom is -0.334 e. The molecule has 3 heteroatoms. The third-order valence-corrected chi connectivity index (χ3v) is 6.54. The summed E-state index contributed by atoms with van der Waals surface area (Å²) >= 11 is 0. The summed E-state index contributed by atoms with van der Waals surface area (Å²) in [6.45, 7) is 9.03. The van der Waals surface area contributed by atoms with Crippen molar-refractivity contribution in [1.29, 1.82) is 0 Å². The Balaban J connectivity index is 1.67. The SMILES string of the molecule is CCN(CC)CCCCN(Cc1ccccc1)C(=O)c1c2ccccc2cc2ccccc12. The van der Waals surface area contributed by atoms with Crippen LogP contribution in [0.25, 0.3) is 21.5 Å². The maximum Gasteiger partial charge on any atom is 0.255 e. The van der Waals surface area contributed by atoms with E-state index in [9.17, 15) is 4.79 Å². The molecule has 3 nitrogen and oxygen atoms in total. The van der Waals surface area contributed by atoms with E-state index in [2.05, 4.69) is 61.2 Å². The van der Waals surface area contributed by atoms with Crippen LogP contribution in [0.1, 0.15) is 42.6 Å². The van der Waals surface area contributed by atoms with Crippen molar-refractivity contribution in [3.8, 4) is 0 Å². The lowest BCUT2D eigenvalue weighted by molar-refractivity contribution is 0.0742. The summed E-state index contributed by atoms with van der Waals surface area (Å²) in [5.74, 6) is 0.120. The zero-order chi connectivity index (χ0) is 23.0. The third kappa shape index (κ3) is 5.43. The smallest absolute Gasteiger partial charge is 0.255 e. The van der Waals surface area contributed by atoms with E-state index in [0.29, 0.717) is 6.54 Å². The van der Waals surface area contributed by atoms with Crippen LogP contribution in [0.5, 0.6) is 0 Å². The highest BCUT2D eigenvalue weighted by Gasteiger charge is 2.21. The summed E-state index contributed by atoms with van der Waals surface area (Å²) < 4.78 is 0. The molecule has 0 saturated heterocycles. The summed E-state index contributed by atoms with van der Waals surface area (Å²) in [5, 5.41) is 4.28. The van der Waals surface area contributed by atoms with Crippen LogP contribution in [0.2, 0.25) is 0 Å². The summed E-state index contributed by atoms with van der Waals surface area (Å²) in [5.41, 5.74) is 1.99. The third-order valence-electron chi connectivity index (χ3n) is 6.54. The number of hydrogen-bond acceptors (Lipinski definition) is 2. The van der Waals surface area contributed by atoms with Gasteiger partial charge in [0.05, 0.1) is 5.56 Å². The average molecular weight is 439 g/mol. The monoisotopic (exact) mass is 438 g/mol. The zero-order valence-electron chi connectivity index (χ0n) is 19.8. The van der Waals surface area contributed by atoms with Gasteiger partial charge in [0.1, 0.15) is 0 Å². The Morgan fingerprint density at radius 2 is 1.24 bits per heavy atom. The molecule has 0 N–H and O–H groups in total. The standard InChI is InChI=1S/C30H34N2O/c1-3-31(4-2)20-12-13-21-32(23-24-14-6-5-7-15-24)30(33)29-27-18-10-8-16-25(27)22-26-17-9-11-19-28(26)29/h5-11,14-19,22H,3-4,12-13,20-21,23H2,1-2H3. The lowest BCUT2D eigenvalue weighted by Crippen LogP contribution is -2.32. The van der Waals surface area contributed by atoms with Gasteiger partial charge >= 0.3 is 0 Å². The predicted molar refractivity (Wildman–Crippen MR) is 140 cm³/mol. The highest BCUT2D eigenvalue weighted by atomic mass is 16.2. The topological polar surface area (TPSA) is 23.6 Å². The molecular weight excluding hydrogens is 404 g/mol. The molecule has 0 fully saturated rings. The fraction of sp³-hybridized carbons (Fsp3) is 0.300. The van der Waals surface area contributed by atoms with E-state index in [1.54, 1.807) is 0 Å². The zero-order valence-corrected chi connectivity index (χ0v) is 19.8. The van der Waals surface area contributed by atoms with E-state index in [1.807, 2.05) is 47.4 Å². The molecule has 170 valence electrons. The number of benzene rings is 4. The Bertz CT molecular complexity index is 1140. The van der Waals surface area contributed by atoms with Gasteiger partial charge in [-0.1, -0.05) is 92.7 Å². The fourth-order valence-electron chi connectivity index (χ4n) is 4.64. The van der Waals surface area contributed by atoms with Gasteiger partial charge in [0, 0.05) is 13.1 Å². The summed E-state index contributed by atoms with van der Waals surface area (Å²) in [6, 6.07) is 29.0. The highest BCUT2D eigenvalue weighted by Crippen LogP contribution is 2.30. The molecule has 0 aliphatic rings. The van der Waals surface area contributed by atoms with Crippen molar-refractivity contribution in [2.24, 2.45) is 0 Å². The molecular formula is C30H34N2O. The number of hydrogen-bond donors (Lipinski definition) is 0. The molecule has 0 aliphatic heterocycles. The van der Waals surface area contributed by atoms with Gasteiger partial charge in [0.25, 0.3) is 5.91 Å². The molecule has 4 aromatic rings.